The fraction of sp³-hybridized carbons (Fsp3) is 0.238. The molecule has 4 nitrogen and oxygen atoms in total. The average Bonchev–Trinajstić information content (AvgIpc) is 2.61. The molecule has 3 rings (SSSR count). The molecule has 3 aromatic rings. The molecule has 0 saturated heterocycles. The number of aromatic hydroxyl groups is 1. The number of aliphatic hydroxyl groups is 1. The third kappa shape index (κ3) is 4.64. The summed E-state index contributed by atoms with van der Waals surface area (Å²) < 4.78 is 0. The summed E-state index contributed by atoms with van der Waals surface area (Å²) in [6, 6.07) is 14.2. The van der Waals surface area contributed by atoms with Crippen LogP contribution in [0.2, 0.25) is 0 Å². The van der Waals surface area contributed by atoms with Crippen LogP contribution in [-0.4, -0.2) is 26.3 Å². The van der Waals surface area contributed by atoms with E-state index < -0.39 is 0 Å². The van der Waals surface area contributed by atoms with Crippen LogP contribution in [0.25, 0.3) is 28.2 Å². The van der Waals surface area contributed by atoms with Crippen molar-refractivity contribution >= 4 is 17.1 Å². The molecule has 0 spiro atoms. The van der Waals surface area contributed by atoms with Crippen molar-refractivity contribution in [3.8, 4) is 17.0 Å². The molecule has 0 radical (unpaired) electrons. The highest BCUT2D eigenvalue weighted by atomic mass is 16.3. The van der Waals surface area contributed by atoms with Gasteiger partial charge < -0.3 is 10.2 Å². The molecule has 1 atom stereocenters. The summed E-state index contributed by atoms with van der Waals surface area (Å²) in [4.78, 5) is 8.27. The van der Waals surface area contributed by atoms with Gasteiger partial charge in [0.25, 0.3) is 0 Å². The molecule has 0 saturated carbocycles. The van der Waals surface area contributed by atoms with Gasteiger partial charge in [0, 0.05) is 0 Å². The Bertz CT molecular complexity index is 871. The Morgan fingerprint density at radius 2 is 1.80 bits per heavy atom. The zero-order chi connectivity index (χ0) is 17.6. The number of allylic oxidation sites excluding steroid dienone is 1. The summed E-state index contributed by atoms with van der Waals surface area (Å²) in [5.41, 5.74) is 4.78. The molecule has 128 valence electrons. The maximum absolute atomic E-state index is 9.39. The molecule has 0 aliphatic heterocycles. The number of aliphatic hydroxyl groups excluding tert-OH is 1. The van der Waals surface area contributed by atoms with Crippen molar-refractivity contribution < 1.29 is 10.2 Å². The lowest BCUT2D eigenvalue weighted by Gasteiger charge is -2.04. The molecular formula is C21H22N2O2. The van der Waals surface area contributed by atoms with Gasteiger partial charge in [0.1, 0.15) is 0 Å². The van der Waals surface area contributed by atoms with E-state index >= 15 is 0 Å². The molecule has 0 aliphatic rings. The Kier molecular flexibility index (Phi) is 5.41. The lowest BCUT2D eigenvalue weighted by molar-refractivity contribution is 0.182. The van der Waals surface area contributed by atoms with E-state index in [0.717, 1.165) is 41.5 Å². The predicted molar refractivity (Wildman–Crippen MR) is 101 cm³/mol. The molecule has 1 heterocycles. The fourth-order valence-corrected chi connectivity index (χ4v) is 2.72. The van der Waals surface area contributed by atoms with Gasteiger partial charge in [0.2, 0.25) is 5.88 Å². The van der Waals surface area contributed by atoms with E-state index in [2.05, 4.69) is 46.4 Å². The van der Waals surface area contributed by atoms with Crippen LogP contribution in [0.15, 0.2) is 54.7 Å². The van der Waals surface area contributed by atoms with Gasteiger partial charge in [0.15, 0.2) is 0 Å². The summed E-state index contributed by atoms with van der Waals surface area (Å²) in [5, 5.41) is 18.6. The minimum atomic E-state index is -0.219. The standard InChI is InChI=1S/C21H22N2O2/c1-15(24)5-3-2-4-6-16-7-9-17(10-8-16)18-11-12-19-20(13-18)22-14-21(25)23-19/h4,6-15,24H,2-3,5H2,1H3,(H,23,25)/b6-4+. The number of benzene rings is 2. The Balaban J connectivity index is 1.69. The van der Waals surface area contributed by atoms with Crippen LogP contribution < -0.4 is 0 Å². The maximum atomic E-state index is 9.39. The van der Waals surface area contributed by atoms with E-state index in [0.29, 0.717) is 5.52 Å². The summed E-state index contributed by atoms with van der Waals surface area (Å²) >= 11 is 0. The Labute approximate surface area is 147 Å². The van der Waals surface area contributed by atoms with Gasteiger partial charge >= 0.3 is 0 Å². The van der Waals surface area contributed by atoms with Crippen molar-refractivity contribution in [2.24, 2.45) is 0 Å². The summed E-state index contributed by atoms with van der Waals surface area (Å²) in [5.74, 6) is -0.0650. The van der Waals surface area contributed by atoms with E-state index in [1.54, 1.807) is 0 Å². The lowest BCUT2D eigenvalue weighted by Crippen LogP contribution is -1.97. The number of hydrogen-bond donors (Lipinski definition) is 2. The first-order chi connectivity index (χ1) is 12.1. The van der Waals surface area contributed by atoms with Crippen LogP contribution in [0, 0.1) is 0 Å². The molecule has 0 fully saturated rings. The van der Waals surface area contributed by atoms with E-state index in [1.165, 1.54) is 6.20 Å². The van der Waals surface area contributed by atoms with Gasteiger partial charge in [-0.15, -0.1) is 0 Å². The third-order valence-electron chi connectivity index (χ3n) is 4.08. The van der Waals surface area contributed by atoms with Gasteiger partial charge in [-0.3, -0.25) is 0 Å². The number of nitrogens with zero attached hydrogens (tertiary/aromatic N) is 2. The second-order valence-electron chi connectivity index (χ2n) is 6.24. The monoisotopic (exact) mass is 334 g/mol. The zero-order valence-corrected chi connectivity index (χ0v) is 14.3. The van der Waals surface area contributed by atoms with Crippen molar-refractivity contribution in [2.75, 3.05) is 0 Å². The first-order valence-electron chi connectivity index (χ1n) is 8.52. The SMILES string of the molecule is CC(O)CCC/C=C/c1ccc(-c2ccc3nc(O)cnc3c2)cc1. The van der Waals surface area contributed by atoms with E-state index in [1.807, 2.05) is 25.1 Å². The largest absolute Gasteiger partial charge is 0.492 e. The van der Waals surface area contributed by atoms with Crippen molar-refractivity contribution in [1.82, 2.24) is 9.97 Å². The highest BCUT2D eigenvalue weighted by molar-refractivity contribution is 5.81. The molecule has 2 aromatic carbocycles. The van der Waals surface area contributed by atoms with Crippen LogP contribution >= 0.6 is 0 Å². The first-order valence-corrected chi connectivity index (χ1v) is 8.52. The molecule has 25 heavy (non-hydrogen) atoms. The third-order valence-corrected chi connectivity index (χ3v) is 4.08. The number of aromatic nitrogens is 2. The molecule has 4 heteroatoms. The van der Waals surface area contributed by atoms with Crippen LogP contribution in [0.3, 0.4) is 0 Å². The van der Waals surface area contributed by atoms with Gasteiger partial charge in [-0.05, 0) is 55.0 Å². The van der Waals surface area contributed by atoms with Gasteiger partial charge in [0.05, 0.1) is 23.3 Å². The Hall–Kier alpha value is -2.72. The number of unbranched alkanes of at least 4 members (excludes halogenated alkanes) is 1. The highest BCUT2D eigenvalue weighted by Crippen LogP contribution is 2.24. The molecular weight excluding hydrogens is 312 g/mol. The Morgan fingerprint density at radius 3 is 2.56 bits per heavy atom. The first kappa shape index (κ1) is 17.1. The Morgan fingerprint density at radius 1 is 1.04 bits per heavy atom. The predicted octanol–water partition coefficient (Wildman–Crippen LogP) is 4.57. The summed E-state index contributed by atoms with van der Waals surface area (Å²) in [6.45, 7) is 1.82. The van der Waals surface area contributed by atoms with E-state index in [-0.39, 0.29) is 12.0 Å². The van der Waals surface area contributed by atoms with Crippen molar-refractivity contribution in [3.63, 3.8) is 0 Å². The number of fused-ring (bicyclic) bond motifs is 1. The van der Waals surface area contributed by atoms with Crippen LogP contribution in [0.1, 0.15) is 31.7 Å². The highest BCUT2D eigenvalue weighted by Gasteiger charge is 2.03. The van der Waals surface area contributed by atoms with Crippen molar-refractivity contribution in [1.29, 1.82) is 0 Å². The molecule has 1 aromatic heterocycles. The summed E-state index contributed by atoms with van der Waals surface area (Å²) in [7, 11) is 0. The van der Waals surface area contributed by atoms with Crippen LogP contribution in [-0.2, 0) is 0 Å². The second-order valence-corrected chi connectivity index (χ2v) is 6.24. The number of hydrogen-bond acceptors (Lipinski definition) is 4. The molecule has 1 unspecified atom stereocenters. The fourth-order valence-electron chi connectivity index (χ4n) is 2.72. The minimum absolute atomic E-state index is 0.0650. The lowest BCUT2D eigenvalue weighted by atomic mass is 10.0. The van der Waals surface area contributed by atoms with Crippen LogP contribution in [0.4, 0.5) is 0 Å². The topological polar surface area (TPSA) is 66.2 Å². The maximum Gasteiger partial charge on any atom is 0.230 e. The van der Waals surface area contributed by atoms with E-state index in [4.69, 9.17) is 0 Å². The normalized spacial score (nSPS) is 12.7. The van der Waals surface area contributed by atoms with Gasteiger partial charge in [-0.1, -0.05) is 42.5 Å². The van der Waals surface area contributed by atoms with Gasteiger partial charge in [-0.25, -0.2) is 9.97 Å². The molecule has 0 amide bonds. The molecule has 0 aliphatic carbocycles. The van der Waals surface area contributed by atoms with E-state index in [9.17, 15) is 10.2 Å². The van der Waals surface area contributed by atoms with Crippen molar-refractivity contribution in [3.05, 3.63) is 60.3 Å². The minimum Gasteiger partial charge on any atom is -0.492 e. The smallest absolute Gasteiger partial charge is 0.230 e. The second kappa shape index (κ2) is 7.90. The zero-order valence-electron chi connectivity index (χ0n) is 14.3. The van der Waals surface area contributed by atoms with Crippen LogP contribution in [0.5, 0.6) is 5.88 Å². The summed E-state index contributed by atoms with van der Waals surface area (Å²) in [6.07, 6.45) is 8.21. The number of rotatable bonds is 6. The van der Waals surface area contributed by atoms with Gasteiger partial charge in [-0.2, -0.15) is 0 Å². The molecule has 0 bridgehead atoms. The van der Waals surface area contributed by atoms with Crippen molar-refractivity contribution in [2.45, 2.75) is 32.3 Å². The average molecular weight is 334 g/mol. The molecule has 2 N–H and O–H groups in total. The quantitative estimate of drug-likeness (QED) is 0.648.